The van der Waals surface area contributed by atoms with Gasteiger partial charge in [-0.2, -0.15) is 13.2 Å². The van der Waals surface area contributed by atoms with Gasteiger partial charge in [-0.1, -0.05) is 103 Å². The SMILES string of the molecule is CN(Cc1ccccc1)CC1CC(c2ccc(CO)cc2)OC(c2ccc(-c3ccccc3CNC(=O)C3CCCN3C(=O)C(F)(F)F)cc2)O1. The largest absolute Gasteiger partial charge is 0.471 e. The van der Waals surface area contributed by atoms with E-state index >= 15 is 0 Å². The van der Waals surface area contributed by atoms with Crippen molar-refractivity contribution < 1.29 is 37.3 Å². The molecule has 8 nitrogen and oxygen atoms in total. The molecule has 4 unspecified atom stereocenters. The summed E-state index contributed by atoms with van der Waals surface area (Å²) in [5.41, 5.74) is 6.40. The van der Waals surface area contributed by atoms with E-state index in [0.717, 1.165) is 39.9 Å². The Morgan fingerprint density at radius 3 is 2.27 bits per heavy atom. The number of aliphatic hydroxyl groups excluding tert-OH is 1. The molecule has 0 spiro atoms. The fourth-order valence-corrected chi connectivity index (χ4v) is 6.86. The van der Waals surface area contributed by atoms with Crippen LogP contribution in [0.2, 0.25) is 0 Å². The number of benzene rings is 4. The first kappa shape index (κ1) is 36.2. The first-order valence-corrected chi connectivity index (χ1v) is 17.2. The van der Waals surface area contributed by atoms with Crippen molar-refractivity contribution in [2.75, 3.05) is 20.1 Å². The molecule has 11 heteroatoms. The molecule has 0 bridgehead atoms. The number of ether oxygens (including phenoxy) is 2. The number of aliphatic hydroxyl groups is 1. The molecule has 4 aromatic rings. The normalized spacial score (nSPS) is 20.8. The Bertz CT molecular complexity index is 1770. The molecule has 2 heterocycles. The van der Waals surface area contributed by atoms with Crippen LogP contribution in [-0.2, 0) is 38.8 Å². The first-order chi connectivity index (χ1) is 24.6. The Morgan fingerprint density at radius 2 is 1.57 bits per heavy atom. The standard InChI is InChI=1S/C40H42F3N3O5/c1-45(24-27-8-3-2-4-9-27)25-33-22-36(30-15-13-28(26-47)14-16-30)51-38(50-33)31-19-17-29(18-20-31)34-11-6-5-10-32(34)23-44-37(48)35-12-7-21-46(35)39(49)40(41,42)43/h2-6,8-11,13-20,33,35-36,38,47H,7,12,21-26H2,1H3,(H,44,48). The zero-order valence-corrected chi connectivity index (χ0v) is 28.4. The number of nitrogens with zero attached hydrogens (tertiary/aromatic N) is 2. The zero-order valence-electron chi connectivity index (χ0n) is 28.4. The number of likely N-dealkylation sites (tertiary alicyclic amines) is 1. The van der Waals surface area contributed by atoms with Crippen molar-refractivity contribution in [1.29, 1.82) is 0 Å². The van der Waals surface area contributed by atoms with E-state index < -0.39 is 30.3 Å². The number of alkyl halides is 3. The van der Waals surface area contributed by atoms with Gasteiger partial charge < -0.3 is 24.8 Å². The molecular weight excluding hydrogens is 659 g/mol. The molecule has 2 amide bonds. The summed E-state index contributed by atoms with van der Waals surface area (Å²) in [5, 5.41) is 12.3. The number of halogens is 3. The molecule has 6 rings (SSSR count). The van der Waals surface area contributed by atoms with Gasteiger partial charge in [-0.15, -0.1) is 0 Å². The van der Waals surface area contributed by atoms with Crippen molar-refractivity contribution in [3.8, 4) is 11.1 Å². The van der Waals surface area contributed by atoms with Crippen LogP contribution >= 0.6 is 0 Å². The molecule has 2 N–H and O–H groups in total. The summed E-state index contributed by atoms with van der Waals surface area (Å²) in [4.78, 5) is 27.7. The van der Waals surface area contributed by atoms with Gasteiger partial charge in [-0.05, 0) is 53.3 Å². The Kier molecular flexibility index (Phi) is 11.5. The van der Waals surface area contributed by atoms with E-state index in [-0.39, 0.29) is 38.3 Å². The van der Waals surface area contributed by atoms with Crippen LogP contribution in [0.25, 0.3) is 11.1 Å². The Hall–Kier alpha value is -4.55. The second-order valence-electron chi connectivity index (χ2n) is 13.2. The average Bonchev–Trinajstić information content (AvgIpc) is 3.64. The molecule has 2 saturated heterocycles. The van der Waals surface area contributed by atoms with Gasteiger partial charge in [0, 0.05) is 38.2 Å². The highest BCUT2D eigenvalue weighted by Crippen LogP contribution is 2.39. The molecule has 2 fully saturated rings. The van der Waals surface area contributed by atoms with Crippen LogP contribution in [0.3, 0.4) is 0 Å². The van der Waals surface area contributed by atoms with E-state index in [2.05, 4.69) is 29.4 Å². The Morgan fingerprint density at radius 1 is 0.882 bits per heavy atom. The average molecular weight is 702 g/mol. The maximum absolute atomic E-state index is 13.1. The second-order valence-corrected chi connectivity index (χ2v) is 13.2. The lowest BCUT2D eigenvalue weighted by atomic mass is 9.97. The molecule has 0 radical (unpaired) electrons. The molecule has 4 atom stereocenters. The van der Waals surface area contributed by atoms with E-state index in [1.54, 1.807) is 0 Å². The quantitative estimate of drug-likeness (QED) is 0.181. The van der Waals surface area contributed by atoms with Gasteiger partial charge in [-0.25, -0.2) is 0 Å². The molecule has 2 aliphatic heterocycles. The summed E-state index contributed by atoms with van der Waals surface area (Å²) in [6, 6.07) is 32.2. The topological polar surface area (TPSA) is 91.3 Å². The number of hydrogen-bond donors (Lipinski definition) is 2. The highest BCUT2D eigenvalue weighted by molar-refractivity contribution is 5.90. The smallest absolute Gasteiger partial charge is 0.392 e. The minimum atomic E-state index is -5.03. The van der Waals surface area contributed by atoms with Crippen LogP contribution < -0.4 is 5.32 Å². The van der Waals surface area contributed by atoms with E-state index in [0.29, 0.717) is 24.3 Å². The van der Waals surface area contributed by atoms with Gasteiger partial charge in [-0.3, -0.25) is 14.5 Å². The zero-order chi connectivity index (χ0) is 36.0. The van der Waals surface area contributed by atoms with E-state index in [1.165, 1.54) is 5.56 Å². The van der Waals surface area contributed by atoms with Crippen LogP contribution in [0.1, 0.15) is 59.5 Å². The number of carbonyl (C=O) groups is 2. The number of hydrogen-bond acceptors (Lipinski definition) is 6. The molecule has 51 heavy (non-hydrogen) atoms. The molecular formula is C40H42F3N3O5. The first-order valence-electron chi connectivity index (χ1n) is 17.2. The highest BCUT2D eigenvalue weighted by atomic mass is 19.4. The number of carbonyl (C=O) groups excluding carboxylic acids is 2. The van der Waals surface area contributed by atoms with Gasteiger partial charge in [0.05, 0.1) is 18.8 Å². The van der Waals surface area contributed by atoms with Crippen LogP contribution in [0.4, 0.5) is 13.2 Å². The van der Waals surface area contributed by atoms with E-state index in [1.807, 2.05) is 91.0 Å². The Balaban J connectivity index is 1.16. The van der Waals surface area contributed by atoms with Crippen molar-refractivity contribution in [3.05, 3.63) is 131 Å². The Labute approximate surface area is 295 Å². The van der Waals surface area contributed by atoms with Crippen molar-refractivity contribution in [2.45, 2.75) is 69.7 Å². The summed E-state index contributed by atoms with van der Waals surface area (Å²) < 4.78 is 52.4. The molecule has 2 aliphatic rings. The third kappa shape index (κ3) is 9.04. The predicted molar refractivity (Wildman–Crippen MR) is 186 cm³/mol. The minimum Gasteiger partial charge on any atom is -0.392 e. The van der Waals surface area contributed by atoms with Crippen molar-refractivity contribution in [1.82, 2.24) is 15.1 Å². The molecule has 0 saturated carbocycles. The predicted octanol–water partition coefficient (Wildman–Crippen LogP) is 6.69. The second kappa shape index (κ2) is 16.2. The minimum absolute atomic E-state index is 0.0333. The summed E-state index contributed by atoms with van der Waals surface area (Å²) >= 11 is 0. The molecule has 268 valence electrons. The van der Waals surface area contributed by atoms with Crippen LogP contribution in [0.15, 0.2) is 103 Å². The molecule has 0 aromatic heterocycles. The lowest BCUT2D eigenvalue weighted by Gasteiger charge is -2.38. The van der Waals surface area contributed by atoms with Gasteiger partial charge in [0.25, 0.3) is 0 Å². The summed E-state index contributed by atoms with van der Waals surface area (Å²) in [7, 11) is 2.08. The van der Waals surface area contributed by atoms with Crippen LogP contribution in [0, 0.1) is 0 Å². The number of nitrogens with one attached hydrogen (secondary N) is 1. The molecule has 0 aliphatic carbocycles. The lowest BCUT2D eigenvalue weighted by Crippen LogP contribution is -2.50. The van der Waals surface area contributed by atoms with Crippen LogP contribution in [0.5, 0.6) is 0 Å². The molecule has 4 aromatic carbocycles. The summed E-state index contributed by atoms with van der Waals surface area (Å²) in [6.07, 6.45) is -4.83. The number of rotatable bonds is 11. The third-order valence-electron chi connectivity index (χ3n) is 9.45. The fourth-order valence-electron chi connectivity index (χ4n) is 6.86. The maximum Gasteiger partial charge on any atom is 0.471 e. The lowest BCUT2D eigenvalue weighted by molar-refractivity contribution is -0.252. The van der Waals surface area contributed by atoms with E-state index in [4.69, 9.17) is 9.47 Å². The maximum atomic E-state index is 13.1. The highest BCUT2D eigenvalue weighted by Gasteiger charge is 2.47. The van der Waals surface area contributed by atoms with E-state index in [9.17, 15) is 27.9 Å². The number of likely N-dealkylation sites (N-methyl/N-ethyl adjacent to an activating group) is 1. The summed E-state index contributed by atoms with van der Waals surface area (Å²) in [6.45, 7) is 1.43. The van der Waals surface area contributed by atoms with Crippen molar-refractivity contribution in [2.24, 2.45) is 0 Å². The monoisotopic (exact) mass is 701 g/mol. The van der Waals surface area contributed by atoms with Crippen LogP contribution in [-0.4, -0.2) is 65.2 Å². The van der Waals surface area contributed by atoms with Gasteiger partial charge in [0.1, 0.15) is 6.04 Å². The van der Waals surface area contributed by atoms with Gasteiger partial charge in [0.2, 0.25) is 5.91 Å². The fraction of sp³-hybridized carbons (Fsp3) is 0.350. The van der Waals surface area contributed by atoms with Crippen molar-refractivity contribution in [3.63, 3.8) is 0 Å². The third-order valence-corrected chi connectivity index (χ3v) is 9.45. The number of amides is 2. The van der Waals surface area contributed by atoms with Gasteiger partial charge >= 0.3 is 12.1 Å². The summed E-state index contributed by atoms with van der Waals surface area (Å²) in [5.74, 6) is -2.59. The van der Waals surface area contributed by atoms with Crippen molar-refractivity contribution >= 4 is 11.8 Å². The van der Waals surface area contributed by atoms with Gasteiger partial charge in [0.15, 0.2) is 6.29 Å².